The lowest BCUT2D eigenvalue weighted by Gasteiger charge is -2.13. The van der Waals surface area contributed by atoms with Gasteiger partial charge in [0.25, 0.3) is 0 Å². The van der Waals surface area contributed by atoms with Crippen molar-refractivity contribution in [3.8, 4) is 11.5 Å². The molecule has 20 heavy (non-hydrogen) atoms. The van der Waals surface area contributed by atoms with Crippen LogP contribution >= 0.6 is 23.2 Å². The van der Waals surface area contributed by atoms with Crippen LogP contribution in [0.5, 0.6) is 11.5 Å². The molecule has 0 bridgehead atoms. The molecule has 0 atom stereocenters. The Kier molecular flexibility index (Phi) is 5.24. The third-order valence-electron chi connectivity index (χ3n) is 2.71. The fraction of sp³-hybridized carbons (Fsp3) is 0.200. The number of ether oxygens (including phenoxy) is 1. The topological polar surface area (TPSA) is 21.3 Å². The minimum atomic E-state index is -0.402. The van der Waals surface area contributed by atoms with Crippen LogP contribution in [-0.2, 0) is 6.54 Å². The summed E-state index contributed by atoms with van der Waals surface area (Å²) in [7, 11) is 0. The third kappa shape index (κ3) is 3.85. The van der Waals surface area contributed by atoms with Crippen molar-refractivity contribution in [1.82, 2.24) is 5.32 Å². The second kappa shape index (κ2) is 6.93. The number of hydrogen-bond acceptors (Lipinski definition) is 2. The molecule has 2 nitrogen and oxygen atoms in total. The van der Waals surface area contributed by atoms with E-state index in [9.17, 15) is 4.39 Å². The summed E-state index contributed by atoms with van der Waals surface area (Å²) in [4.78, 5) is 0. The smallest absolute Gasteiger partial charge is 0.146 e. The molecule has 0 aliphatic heterocycles. The molecule has 0 aliphatic carbocycles. The van der Waals surface area contributed by atoms with Gasteiger partial charge in [-0.1, -0.05) is 36.2 Å². The molecule has 0 heterocycles. The zero-order valence-corrected chi connectivity index (χ0v) is 12.4. The Bertz CT molecular complexity index is 604. The number of halogens is 3. The molecule has 0 unspecified atom stereocenters. The van der Waals surface area contributed by atoms with E-state index in [1.165, 1.54) is 18.2 Å². The fourth-order valence-corrected chi connectivity index (χ4v) is 2.07. The highest BCUT2D eigenvalue weighted by Gasteiger charge is 2.09. The Labute approximate surface area is 127 Å². The van der Waals surface area contributed by atoms with E-state index in [-0.39, 0.29) is 5.02 Å². The first kappa shape index (κ1) is 15.1. The zero-order valence-electron chi connectivity index (χ0n) is 10.9. The summed E-state index contributed by atoms with van der Waals surface area (Å²) in [5, 5.41) is 4.01. The largest absolute Gasteiger partial charge is 0.455 e. The lowest BCUT2D eigenvalue weighted by atomic mass is 10.2. The van der Waals surface area contributed by atoms with Crippen molar-refractivity contribution in [3.05, 3.63) is 57.8 Å². The van der Waals surface area contributed by atoms with E-state index in [1.54, 1.807) is 12.1 Å². The maximum absolute atomic E-state index is 13.0. The SMILES string of the molecule is CCNCc1ccc(Cl)cc1Oc1ccc(F)cc1Cl. The number of nitrogens with one attached hydrogen (secondary N) is 1. The Morgan fingerprint density at radius 1 is 1.10 bits per heavy atom. The van der Waals surface area contributed by atoms with Gasteiger partial charge in [0.15, 0.2) is 0 Å². The highest BCUT2D eigenvalue weighted by Crippen LogP contribution is 2.33. The first-order valence-electron chi connectivity index (χ1n) is 6.22. The van der Waals surface area contributed by atoms with Gasteiger partial charge < -0.3 is 10.1 Å². The van der Waals surface area contributed by atoms with Crippen LogP contribution in [-0.4, -0.2) is 6.54 Å². The van der Waals surface area contributed by atoms with Gasteiger partial charge in [0, 0.05) is 17.1 Å². The van der Waals surface area contributed by atoms with Gasteiger partial charge >= 0.3 is 0 Å². The number of rotatable bonds is 5. The van der Waals surface area contributed by atoms with Crippen molar-refractivity contribution in [1.29, 1.82) is 0 Å². The first-order valence-corrected chi connectivity index (χ1v) is 6.97. The van der Waals surface area contributed by atoms with Crippen LogP contribution in [0, 0.1) is 5.82 Å². The van der Waals surface area contributed by atoms with Gasteiger partial charge in [0.2, 0.25) is 0 Å². The molecule has 0 amide bonds. The van der Waals surface area contributed by atoms with Crippen molar-refractivity contribution >= 4 is 23.2 Å². The predicted molar refractivity (Wildman–Crippen MR) is 80.3 cm³/mol. The lowest BCUT2D eigenvalue weighted by molar-refractivity contribution is 0.472. The molecule has 1 N–H and O–H groups in total. The molecule has 0 aromatic heterocycles. The van der Waals surface area contributed by atoms with E-state index in [0.717, 1.165) is 12.1 Å². The van der Waals surface area contributed by atoms with Crippen molar-refractivity contribution in [3.63, 3.8) is 0 Å². The van der Waals surface area contributed by atoms with Crippen LogP contribution in [0.3, 0.4) is 0 Å². The summed E-state index contributed by atoms with van der Waals surface area (Å²) >= 11 is 12.0. The number of benzene rings is 2. The number of hydrogen-bond donors (Lipinski definition) is 1. The molecule has 0 aliphatic rings. The maximum atomic E-state index is 13.0. The van der Waals surface area contributed by atoms with Gasteiger partial charge in [-0.15, -0.1) is 0 Å². The summed E-state index contributed by atoms with van der Waals surface area (Å²) in [6.45, 7) is 3.52. The predicted octanol–water partition coefficient (Wildman–Crippen LogP) is 5.03. The van der Waals surface area contributed by atoms with Crippen molar-refractivity contribution < 1.29 is 9.13 Å². The van der Waals surface area contributed by atoms with E-state index in [1.807, 2.05) is 13.0 Å². The van der Waals surface area contributed by atoms with Crippen LogP contribution < -0.4 is 10.1 Å². The third-order valence-corrected chi connectivity index (χ3v) is 3.24. The molecule has 2 aromatic carbocycles. The average molecular weight is 314 g/mol. The van der Waals surface area contributed by atoms with Gasteiger partial charge in [-0.3, -0.25) is 0 Å². The van der Waals surface area contributed by atoms with Crippen LogP contribution in [0.1, 0.15) is 12.5 Å². The van der Waals surface area contributed by atoms with Crippen molar-refractivity contribution in [2.24, 2.45) is 0 Å². The quantitative estimate of drug-likeness (QED) is 0.835. The lowest BCUT2D eigenvalue weighted by Crippen LogP contribution is -2.12. The fourth-order valence-electron chi connectivity index (χ4n) is 1.71. The average Bonchev–Trinajstić information content (AvgIpc) is 2.41. The Hall–Kier alpha value is -1.29. The summed E-state index contributed by atoms with van der Waals surface area (Å²) in [5.74, 6) is 0.598. The molecule has 0 spiro atoms. The van der Waals surface area contributed by atoms with Crippen LogP contribution in [0.4, 0.5) is 4.39 Å². The van der Waals surface area contributed by atoms with Gasteiger partial charge in [-0.2, -0.15) is 0 Å². The van der Waals surface area contributed by atoms with E-state index >= 15 is 0 Å². The molecule has 0 radical (unpaired) electrons. The molecule has 0 fully saturated rings. The molecular formula is C15H14Cl2FNO. The summed E-state index contributed by atoms with van der Waals surface area (Å²) in [6, 6.07) is 9.41. The van der Waals surface area contributed by atoms with Gasteiger partial charge in [-0.25, -0.2) is 4.39 Å². The standard InChI is InChI=1S/C15H14Cl2FNO/c1-2-19-9-10-3-4-11(16)7-15(10)20-14-6-5-12(18)8-13(14)17/h3-8,19H,2,9H2,1H3. The molecule has 2 aromatic rings. The van der Waals surface area contributed by atoms with E-state index < -0.39 is 5.82 Å². The Morgan fingerprint density at radius 3 is 2.60 bits per heavy atom. The van der Waals surface area contributed by atoms with Crippen LogP contribution in [0.15, 0.2) is 36.4 Å². The van der Waals surface area contributed by atoms with Crippen molar-refractivity contribution in [2.45, 2.75) is 13.5 Å². The Morgan fingerprint density at radius 2 is 1.90 bits per heavy atom. The van der Waals surface area contributed by atoms with Crippen LogP contribution in [0.25, 0.3) is 0 Å². The summed E-state index contributed by atoms with van der Waals surface area (Å²) in [5.41, 5.74) is 0.955. The molecule has 106 valence electrons. The normalized spacial score (nSPS) is 10.6. The molecular weight excluding hydrogens is 300 g/mol. The van der Waals surface area contributed by atoms with E-state index in [2.05, 4.69) is 5.32 Å². The first-order chi connectivity index (χ1) is 9.60. The molecule has 0 saturated heterocycles. The molecule has 5 heteroatoms. The van der Waals surface area contributed by atoms with Gasteiger partial charge in [0.1, 0.15) is 17.3 Å². The van der Waals surface area contributed by atoms with Crippen molar-refractivity contribution in [2.75, 3.05) is 6.54 Å². The van der Waals surface area contributed by atoms with Crippen LogP contribution in [0.2, 0.25) is 10.0 Å². The second-order valence-electron chi connectivity index (χ2n) is 4.21. The molecule has 2 rings (SSSR count). The molecule has 0 saturated carbocycles. The summed E-state index contributed by atoms with van der Waals surface area (Å²) < 4.78 is 18.8. The highest BCUT2D eigenvalue weighted by molar-refractivity contribution is 6.32. The van der Waals surface area contributed by atoms with Gasteiger partial charge in [0.05, 0.1) is 5.02 Å². The Balaban J connectivity index is 2.29. The second-order valence-corrected chi connectivity index (χ2v) is 5.05. The zero-order chi connectivity index (χ0) is 14.5. The highest BCUT2D eigenvalue weighted by atomic mass is 35.5. The van der Waals surface area contributed by atoms with E-state index in [4.69, 9.17) is 27.9 Å². The van der Waals surface area contributed by atoms with Gasteiger partial charge in [-0.05, 0) is 36.9 Å². The minimum Gasteiger partial charge on any atom is -0.455 e. The monoisotopic (exact) mass is 313 g/mol. The minimum absolute atomic E-state index is 0.222. The maximum Gasteiger partial charge on any atom is 0.146 e. The van der Waals surface area contributed by atoms with E-state index in [0.29, 0.717) is 23.1 Å². The summed E-state index contributed by atoms with van der Waals surface area (Å²) in [6.07, 6.45) is 0.